The average molecular weight is 249 g/mol. The molecule has 2 rings (SSSR count). The van der Waals surface area contributed by atoms with Crippen LogP contribution in [0.5, 0.6) is 0 Å². The molecule has 0 fully saturated rings. The van der Waals surface area contributed by atoms with Gasteiger partial charge < -0.3 is 4.40 Å². The van der Waals surface area contributed by atoms with E-state index >= 15 is 0 Å². The normalized spacial score (nSPS) is 12.2. The van der Waals surface area contributed by atoms with Crippen molar-refractivity contribution in [3.05, 3.63) is 29.8 Å². The number of aromatic nitrogens is 2. The van der Waals surface area contributed by atoms with Gasteiger partial charge in [-0.3, -0.25) is 0 Å². The second-order valence-electron chi connectivity index (χ2n) is 2.99. The molecule has 0 amide bonds. The lowest BCUT2D eigenvalue weighted by Gasteiger charge is -1.95. The number of rotatable bonds is 1. The first-order chi connectivity index (χ1) is 6.91. The van der Waals surface area contributed by atoms with Gasteiger partial charge in [0.2, 0.25) is 0 Å². The highest BCUT2D eigenvalue weighted by molar-refractivity contribution is 8.13. The van der Waals surface area contributed by atoms with Gasteiger partial charge in [0, 0.05) is 16.9 Å². The third-order valence-electron chi connectivity index (χ3n) is 2.03. The Morgan fingerprint density at radius 3 is 2.73 bits per heavy atom. The van der Waals surface area contributed by atoms with E-state index in [0.29, 0.717) is 5.69 Å². The lowest BCUT2D eigenvalue weighted by molar-refractivity contribution is 0.606. The van der Waals surface area contributed by atoms with Gasteiger partial charge >= 0.3 is 0 Å². The molecule has 0 bridgehead atoms. The van der Waals surface area contributed by atoms with Crippen LogP contribution in [0.15, 0.2) is 23.4 Å². The third-order valence-corrected chi connectivity index (χ3v) is 3.32. The van der Waals surface area contributed by atoms with E-state index in [9.17, 15) is 12.8 Å². The zero-order valence-corrected chi connectivity index (χ0v) is 9.18. The summed E-state index contributed by atoms with van der Waals surface area (Å²) in [7, 11) is 1.22. The number of aryl methyl sites for hydroxylation is 1. The maximum Gasteiger partial charge on any atom is 0.280 e. The lowest BCUT2D eigenvalue weighted by atomic mass is 10.4. The Bertz CT molecular complexity index is 635. The predicted molar refractivity (Wildman–Crippen MR) is 52.9 cm³/mol. The molecule has 4 nitrogen and oxygen atoms in total. The second-order valence-corrected chi connectivity index (χ2v) is 5.47. The van der Waals surface area contributed by atoms with Gasteiger partial charge in [-0.25, -0.2) is 17.8 Å². The van der Waals surface area contributed by atoms with Crippen LogP contribution in [-0.4, -0.2) is 17.8 Å². The standard InChI is InChI=1S/C8H6ClFN2O2S/c1-5-8(15(9,13)14)11-7-6(10)3-2-4-12(5)7/h2-4H,1H3. The molecule has 7 heteroatoms. The van der Waals surface area contributed by atoms with Crippen molar-refractivity contribution in [2.75, 3.05) is 0 Å². The molecule has 2 heterocycles. The van der Waals surface area contributed by atoms with Crippen LogP contribution in [0.2, 0.25) is 0 Å². The zero-order chi connectivity index (χ0) is 11.2. The minimum atomic E-state index is -3.94. The second kappa shape index (κ2) is 3.18. The van der Waals surface area contributed by atoms with Crippen molar-refractivity contribution in [1.29, 1.82) is 0 Å². The summed E-state index contributed by atoms with van der Waals surface area (Å²) in [5, 5.41) is -0.311. The molecule has 2 aromatic heterocycles. The van der Waals surface area contributed by atoms with Crippen LogP contribution >= 0.6 is 10.7 Å². The van der Waals surface area contributed by atoms with Crippen LogP contribution in [0.3, 0.4) is 0 Å². The Kier molecular flexibility index (Phi) is 2.20. The summed E-state index contributed by atoms with van der Waals surface area (Å²) in [6.07, 6.45) is 1.52. The number of imidazole rings is 1. The largest absolute Gasteiger partial charge is 0.300 e. The van der Waals surface area contributed by atoms with Gasteiger partial charge in [-0.2, -0.15) is 0 Å². The summed E-state index contributed by atoms with van der Waals surface area (Å²) in [6, 6.07) is 2.66. The van der Waals surface area contributed by atoms with Gasteiger partial charge in [0.1, 0.15) is 0 Å². The van der Waals surface area contributed by atoms with Gasteiger partial charge in [0.25, 0.3) is 9.05 Å². The highest BCUT2D eigenvalue weighted by Crippen LogP contribution is 2.21. The van der Waals surface area contributed by atoms with E-state index < -0.39 is 14.9 Å². The Morgan fingerprint density at radius 2 is 2.20 bits per heavy atom. The minimum Gasteiger partial charge on any atom is -0.300 e. The van der Waals surface area contributed by atoms with E-state index in [1.54, 1.807) is 0 Å². The molecule has 0 aliphatic rings. The van der Waals surface area contributed by atoms with Crippen LogP contribution in [-0.2, 0) is 9.05 Å². The quantitative estimate of drug-likeness (QED) is 0.722. The first-order valence-electron chi connectivity index (χ1n) is 3.99. The molecule has 0 N–H and O–H groups in total. The van der Waals surface area contributed by atoms with Crippen LogP contribution in [0.4, 0.5) is 4.39 Å². The maximum atomic E-state index is 13.2. The number of hydrogen-bond donors (Lipinski definition) is 0. The highest BCUT2D eigenvalue weighted by atomic mass is 35.7. The zero-order valence-electron chi connectivity index (χ0n) is 7.61. The molecule has 0 aromatic carbocycles. The molecule has 0 unspecified atom stereocenters. The van der Waals surface area contributed by atoms with Crippen LogP contribution in [0.1, 0.15) is 5.69 Å². The molecule has 0 saturated heterocycles. The average Bonchev–Trinajstić information content (AvgIpc) is 2.45. The van der Waals surface area contributed by atoms with Gasteiger partial charge in [0.15, 0.2) is 16.5 Å². The fourth-order valence-corrected chi connectivity index (χ4v) is 2.45. The van der Waals surface area contributed by atoms with Gasteiger partial charge in [-0.1, -0.05) is 0 Å². The van der Waals surface area contributed by atoms with Crippen LogP contribution in [0.25, 0.3) is 5.65 Å². The summed E-state index contributed by atoms with van der Waals surface area (Å²) < 4.78 is 36.8. The molecule has 0 aliphatic carbocycles. The minimum absolute atomic E-state index is 0.0470. The fourth-order valence-electron chi connectivity index (χ4n) is 1.36. The first kappa shape index (κ1) is 10.4. The van der Waals surface area contributed by atoms with Crippen molar-refractivity contribution in [3.63, 3.8) is 0 Å². The van der Waals surface area contributed by atoms with Gasteiger partial charge in [-0.05, 0) is 19.1 Å². The van der Waals surface area contributed by atoms with Gasteiger partial charge in [-0.15, -0.1) is 0 Å². The van der Waals surface area contributed by atoms with Crippen molar-refractivity contribution in [1.82, 2.24) is 9.38 Å². The number of fused-ring (bicyclic) bond motifs is 1. The van der Waals surface area contributed by atoms with Crippen molar-refractivity contribution in [2.45, 2.75) is 11.9 Å². The first-order valence-corrected chi connectivity index (χ1v) is 6.30. The summed E-state index contributed by atoms with van der Waals surface area (Å²) in [4.78, 5) is 3.65. The van der Waals surface area contributed by atoms with E-state index in [1.165, 1.54) is 29.7 Å². The van der Waals surface area contributed by atoms with E-state index in [-0.39, 0.29) is 10.7 Å². The van der Waals surface area contributed by atoms with Crippen molar-refractivity contribution in [3.8, 4) is 0 Å². The third kappa shape index (κ3) is 1.59. The molecule has 15 heavy (non-hydrogen) atoms. The topological polar surface area (TPSA) is 51.4 Å². The van der Waals surface area contributed by atoms with Crippen LogP contribution < -0.4 is 0 Å². The van der Waals surface area contributed by atoms with Crippen molar-refractivity contribution >= 4 is 25.4 Å². The van der Waals surface area contributed by atoms with E-state index in [1.807, 2.05) is 0 Å². The smallest absolute Gasteiger partial charge is 0.280 e. The Morgan fingerprint density at radius 1 is 1.53 bits per heavy atom. The number of nitrogens with zero attached hydrogens (tertiary/aromatic N) is 2. The van der Waals surface area contributed by atoms with E-state index in [2.05, 4.69) is 4.98 Å². The number of halogens is 2. The predicted octanol–water partition coefficient (Wildman–Crippen LogP) is 1.71. The molecule has 0 atom stereocenters. The molecular weight excluding hydrogens is 243 g/mol. The molecule has 0 saturated carbocycles. The summed E-state index contributed by atoms with van der Waals surface area (Å²) in [5.41, 5.74) is 0.244. The summed E-state index contributed by atoms with van der Waals surface area (Å²) >= 11 is 0. The molecule has 0 spiro atoms. The number of hydrogen-bond acceptors (Lipinski definition) is 3. The summed E-state index contributed by atoms with van der Waals surface area (Å²) in [6.45, 7) is 1.51. The summed E-state index contributed by atoms with van der Waals surface area (Å²) in [5.74, 6) is -0.591. The Hall–Kier alpha value is -1.14. The highest BCUT2D eigenvalue weighted by Gasteiger charge is 2.20. The van der Waals surface area contributed by atoms with Gasteiger partial charge in [0.05, 0.1) is 5.69 Å². The maximum absolute atomic E-state index is 13.2. The van der Waals surface area contributed by atoms with E-state index in [0.717, 1.165) is 0 Å². The van der Waals surface area contributed by atoms with Crippen molar-refractivity contribution in [2.24, 2.45) is 0 Å². The molecular formula is C8H6ClFN2O2S. The monoisotopic (exact) mass is 248 g/mol. The SMILES string of the molecule is Cc1c(S(=O)(=O)Cl)nc2c(F)cccn12. The Labute approximate surface area is 89.7 Å². The fraction of sp³-hybridized carbons (Fsp3) is 0.125. The van der Waals surface area contributed by atoms with E-state index in [4.69, 9.17) is 10.7 Å². The lowest BCUT2D eigenvalue weighted by Crippen LogP contribution is -1.94. The molecule has 0 aliphatic heterocycles. The Balaban J connectivity index is 2.93. The molecule has 80 valence electrons. The van der Waals surface area contributed by atoms with Crippen LogP contribution in [0, 0.1) is 12.7 Å². The molecule has 2 aromatic rings. The number of pyridine rings is 1. The van der Waals surface area contributed by atoms with Crippen molar-refractivity contribution < 1.29 is 12.8 Å². The molecule has 0 radical (unpaired) electrons.